The zero-order valence-corrected chi connectivity index (χ0v) is 18.4. The van der Waals surface area contributed by atoms with Crippen LogP contribution in [0.2, 0.25) is 5.02 Å². The molecule has 0 radical (unpaired) electrons. The first-order chi connectivity index (χ1) is 14.2. The highest BCUT2D eigenvalue weighted by Gasteiger charge is 2.11. The van der Waals surface area contributed by atoms with Gasteiger partial charge in [0.05, 0.1) is 6.61 Å². The van der Waals surface area contributed by atoms with Crippen LogP contribution in [-0.2, 0) is 19.6 Å². The molecule has 0 saturated carbocycles. The lowest BCUT2D eigenvalue weighted by molar-refractivity contribution is 0.266. The van der Waals surface area contributed by atoms with Gasteiger partial charge in [0.1, 0.15) is 12.4 Å². The fourth-order valence-corrected chi connectivity index (χ4v) is 3.10. The molecular formula is C24H26Cl2FNO2. The van der Waals surface area contributed by atoms with E-state index in [1.165, 1.54) is 12.1 Å². The number of hydrogen-bond acceptors (Lipinski definition) is 3. The average Bonchev–Trinajstić information content (AvgIpc) is 2.73. The van der Waals surface area contributed by atoms with Crippen molar-refractivity contribution in [1.29, 1.82) is 0 Å². The summed E-state index contributed by atoms with van der Waals surface area (Å²) < 4.78 is 24.9. The summed E-state index contributed by atoms with van der Waals surface area (Å²) in [6.45, 7) is 4.39. The van der Waals surface area contributed by atoms with E-state index in [2.05, 4.69) is 5.32 Å². The normalized spacial score (nSPS) is 10.4. The molecule has 3 rings (SSSR count). The van der Waals surface area contributed by atoms with E-state index in [0.717, 1.165) is 41.2 Å². The van der Waals surface area contributed by atoms with E-state index in [1.54, 1.807) is 0 Å². The molecule has 0 aliphatic carbocycles. The molecule has 0 amide bonds. The van der Waals surface area contributed by atoms with E-state index in [9.17, 15) is 4.39 Å². The third-order valence-corrected chi connectivity index (χ3v) is 4.73. The topological polar surface area (TPSA) is 30.5 Å². The van der Waals surface area contributed by atoms with Gasteiger partial charge in [-0.25, -0.2) is 4.39 Å². The first-order valence-corrected chi connectivity index (χ1v) is 10.1. The molecule has 0 spiro atoms. The van der Waals surface area contributed by atoms with Gasteiger partial charge >= 0.3 is 0 Å². The number of rotatable bonds is 10. The molecule has 0 aromatic heterocycles. The smallest absolute Gasteiger partial charge is 0.166 e. The second-order valence-electron chi connectivity index (χ2n) is 6.65. The number of para-hydroxylation sites is 1. The molecule has 0 unspecified atom stereocenters. The highest BCUT2D eigenvalue weighted by molar-refractivity contribution is 6.30. The molecule has 3 aromatic rings. The van der Waals surface area contributed by atoms with Gasteiger partial charge in [-0.3, -0.25) is 0 Å². The minimum absolute atomic E-state index is 0. The van der Waals surface area contributed by atoms with Gasteiger partial charge in [0, 0.05) is 17.1 Å². The number of hydrogen-bond donors (Lipinski definition) is 1. The van der Waals surface area contributed by atoms with E-state index < -0.39 is 0 Å². The van der Waals surface area contributed by atoms with Crippen molar-refractivity contribution in [3.63, 3.8) is 0 Å². The first kappa shape index (κ1) is 24.0. The first-order valence-electron chi connectivity index (χ1n) is 9.73. The molecule has 3 aromatic carbocycles. The molecule has 3 nitrogen and oxygen atoms in total. The molecular weight excluding hydrogens is 424 g/mol. The molecule has 1 N–H and O–H groups in total. The van der Waals surface area contributed by atoms with Gasteiger partial charge in [-0.05, 0) is 61.3 Å². The van der Waals surface area contributed by atoms with Gasteiger partial charge in [-0.15, -0.1) is 12.4 Å². The number of benzene rings is 3. The molecule has 0 bridgehead atoms. The van der Waals surface area contributed by atoms with Crippen molar-refractivity contribution < 1.29 is 13.9 Å². The van der Waals surface area contributed by atoms with Gasteiger partial charge in [-0.1, -0.05) is 48.0 Å². The van der Waals surface area contributed by atoms with Gasteiger partial charge < -0.3 is 14.8 Å². The maximum atomic E-state index is 13.0. The summed E-state index contributed by atoms with van der Waals surface area (Å²) in [6.07, 6.45) is 0.826. The summed E-state index contributed by atoms with van der Waals surface area (Å²) in [4.78, 5) is 0. The molecule has 0 aliphatic rings. The highest BCUT2D eigenvalue weighted by Crippen LogP contribution is 2.32. The SMILES string of the molecule is CCOc1cccc(CNCCc2ccc(F)cc2)c1OCc1ccc(Cl)cc1.Cl. The molecule has 0 saturated heterocycles. The standard InChI is InChI=1S/C24H25ClFNO2.ClH/c1-2-28-23-5-3-4-20(16-27-15-14-18-8-12-22(26)13-9-18)24(23)29-17-19-6-10-21(25)11-7-19;/h3-13,27H,2,14-17H2,1H3;1H. The van der Waals surface area contributed by atoms with E-state index in [0.29, 0.717) is 24.8 Å². The zero-order valence-electron chi connectivity index (χ0n) is 16.9. The molecule has 0 aliphatic heterocycles. The third kappa shape index (κ3) is 7.21. The Morgan fingerprint density at radius 3 is 2.30 bits per heavy atom. The lowest BCUT2D eigenvalue weighted by atomic mass is 10.1. The minimum atomic E-state index is -0.211. The second kappa shape index (κ2) is 12.4. The van der Waals surface area contributed by atoms with Crippen molar-refractivity contribution in [2.75, 3.05) is 13.2 Å². The average molecular weight is 450 g/mol. The van der Waals surface area contributed by atoms with Crippen LogP contribution < -0.4 is 14.8 Å². The monoisotopic (exact) mass is 449 g/mol. The van der Waals surface area contributed by atoms with Gasteiger partial charge in [0.25, 0.3) is 0 Å². The summed E-state index contributed by atoms with van der Waals surface area (Å²) in [5.41, 5.74) is 3.17. The number of nitrogens with one attached hydrogen (secondary N) is 1. The predicted octanol–water partition coefficient (Wildman–Crippen LogP) is 6.21. The van der Waals surface area contributed by atoms with Crippen LogP contribution in [0.3, 0.4) is 0 Å². The van der Waals surface area contributed by atoms with Gasteiger partial charge in [0.2, 0.25) is 0 Å². The van der Waals surface area contributed by atoms with Gasteiger partial charge in [0.15, 0.2) is 11.5 Å². The maximum absolute atomic E-state index is 13.0. The summed E-state index contributed by atoms with van der Waals surface area (Å²) >= 11 is 5.96. The minimum Gasteiger partial charge on any atom is -0.490 e. The molecule has 6 heteroatoms. The second-order valence-corrected chi connectivity index (χ2v) is 7.08. The van der Waals surface area contributed by atoms with Crippen LogP contribution in [-0.4, -0.2) is 13.2 Å². The van der Waals surface area contributed by atoms with Crippen LogP contribution in [0.4, 0.5) is 4.39 Å². The Labute approximate surface area is 188 Å². The largest absolute Gasteiger partial charge is 0.490 e. The predicted molar refractivity (Wildman–Crippen MR) is 122 cm³/mol. The van der Waals surface area contributed by atoms with Crippen molar-refractivity contribution in [2.45, 2.75) is 26.5 Å². The van der Waals surface area contributed by atoms with Crippen molar-refractivity contribution in [2.24, 2.45) is 0 Å². The number of ether oxygens (including phenoxy) is 2. The molecule has 160 valence electrons. The van der Waals surface area contributed by atoms with Crippen molar-refractivity contribution in [3.05, 3.63) is 94.3 Å². The van der Waals surface area contributed by atoms with Crippen LogP contribution in [0.25, 0.3) is 0 Å². The van der Waals surface area contributed by atoms with Crippen molar-refractivity contribution in [3.8, 4) is 11.5 Å². The molecule has 0 atom stereocenters. The Morgan fingerprint density at radius 2 is 1.60 bits per heavy atom. The molecule has 0 fully saturated rings. The summed E-state index contributed by atoms with van der Waals surface area (Å²) in [5.74, 6) is 1.27. The van der Waals surface area contributed by atoms with Gasteiger partial charge in [-0.2, -0.15) is 0 Å². The van der Waals surface area contributed by atoms with Crippen LogP contribution in [0.15, 0.2) is 66.7 Å². The summed E-state index contributed by atoms with van der Waals surface area (Å²) in [5, 5.41) is 4.14. The van der Waals surface area contributed by atoms with Crippen LogP contribution >= 0.6 is 24.0 Å². The Morgan fingerprint density at radius 1 is 0.900 bits per heavy atom. The third-order valence-electron chi connectivity index (χ3n) is 4.48. The zero-order chi connectivity index (χ0) is 20.5. The van der Waals surface area contributed by atoms with E-state index in [1.807, 2.05) is 61.5 Å². The Balaban J connectivity index is 0.00000320. The Kier molecular flexibility index (Phi) is 9.95. The highest BCUT2D eigenvalue weighted by atomic mass is 35.5. The van der Waals surface area contributed by atoms with E-state index in [4.69, 9.17) is 21.1 Å². The van der Waals surface area contributed by atoms with Crippen LogP contribution in [0.5, 0.6) is 11.5 Å². The van der Waals surface area contributed by atoms with Crippen molar-refractivity contribution >= 4 is 24.0 Å². The Hall–Kier alpha value is -2.27. The van der Waals surface area contributed by atoms with Crippen LogP contribution in [0, 0.1) is 5.82 Å². The Bertz CT molecular complexity index is 902. The molecule has 30 heavy (non-hydrogen) atoms. The summed E-state index contributed by atoms with van der Waals surface area (Å²) in [7, 11) is 0. The van der Waals surface area contributed by atoms with Crippen LogP contribution in [0.1, 0.15) is 23.6 Å². The quantitative estimate of drug-likeness (QED) is 0.373. The lowest BCUT2D eigenvalue weighted by Gasteiger charge is -2.16. The fourth-order valence-electron chi connectivity index (χ4n) is 2.98. The van der Waals surface area contributed by atoms with E-state index >= 15 is 0 Å². The summed E-state index contributed by atoms with van der Waals surface area (Å²) in [6, 6.07) is 20.1. The van der Waals surface area contributed by atoms with E-state index in [-0.39, 0.29) is 18.2 Å². The number of halogens is 3. The maximum Gasteiger partial charge on any atom is 0.166 e. The fraction of sp³-hybridized carbons (Fsp3) is 0.250. The molecule has 0 heterocycles. The lowest BCUT2D eigenvalue weighted by Crippen LogP contribution is -2.17. The van der Waals surface area contributed by atoms with Crippen molar-refractivity contribution in [1.82, 2.24) is 5.32 Å².